The number of ether oxygens (including phenoxy) is 1. The highest BCUT2D eigenvalue weighted by molar-refractivity contribution is 6.30. The van der Waals surface area contributed by atoms with Gasteiger partial charge in [0.25, 0.3) is 0 Å². The number of carboxylic acid groups (broad SMARTS) is 1. The zero-order valence-electron chi connectivity index (χ0n) is 11.2. The predicted octanol–water partition coefficient (Wildman–Crippen LogP) is 4.91. The molecular formula is C15H10ClF3O3. The van der Waals surface area contributed by atoms with Crippen LogP contribution in [0.5, 0.6) is 5.75 Å². The molecule has 0 aliphatic rings. The van der Waals surface area contributed by atoms with Crippen molar-refractivity contribution in [3.05, 3.63) is 52.5 Å². The molecule has 3 nitrogen and oxygen atoms in total. The number of carbonyl (C=O) groups is 1. The van der Waals surface area contributed by atoms with Crippen LogP contribution in [0, 0.1) is 6.92 Å². The molecule has 0 unspecified atom stereocenters. The molecule has 0 aliphatic carbocycles. The molecule has 1 N–H and O–H groups in total. The van der Waals surface area contributed by atoms with Crippen LogP contribution in [0.15, 0.2) is 36.4 Å². The molecule has 116 valence electrons. The molecule has 0 radical (unpaired) electrons. The van der Waals surface area contributed by atoms with Crippen LogP contribution in [-0.2, 0) is 0 Å². The van der Waals surface area contributed by atoms with Crippen LogP contribution in [0.4, 0.5) is 13.2 Å². The minimum Gasteiger partial charge on any atom is -0.478 e. The van der Waals surface area contributed by atoms with E-state index in [-0.39, 0.29) is 0 Å². The summed E-state index contributed by atoms with van der Waals surface area (Å²) in [6.45, 7) is 1.77. The van der Waals surface area contributed by atoms with Gasteiger partial charge in [-0.25, -0.2) is 4.79 Å². The molecule has 0 aliphatic heterocycles. The lowest BCUT2D eigenvalue weighted by Gasteiger charge is -2.13. The zero-order chi connectivity index (χ0) is 16.5. The van der Waals surface area contributed by atoms with Gasteiger partial charge in [-0.1, -0.05) is 23.7 Å². The molecule has 0 heterocycles. The number of alkyl halides is 3. The summed E-state index contributed by atoms with van der Waals surface area (Å²) in [7, 11) is 0. The third-order valence-corrected chi connectivity index (χ3v) is 3.17. The van der Waals surface area contributed by atoms with Crippen molar-refractivity contribution in [1.82, 2.24) is 0 Å². The number of hydrogen-bond acceptors (Lipinski definition) is 2. The Bertz CT molecular complexity index is 726. The van der Waals surface area contributed by atoms with Crippen LogP contribution in [-0.4, -0.2) is 17.4 Å². The van der Waals surface area contributed by atoms with Crippen molar-refractivity contribution >= 4 is 17.6 Å². The van der Waals surface area contributed by atoms with Crippen LogP contribution < -0.4 is 4.74 Å². The molecule has 0 amide bonds. The molecule has 0 aromatic heterocycles. The largest absolute Gasteiger partial charge is 0.573 e. The summed E-state index contributed by atoms with van der Waals surface area (Å²) in [6.07, 6.45) is -4.96. The second-order valence-corrected chi connectivity index (χ2v) is 4.96. The van der Waals surface area contributed by atoms with E-state index in [4.69, 9.17) is 16.7 Å². The number of aromatic carboxylic acids is 1. The number of halogens is 4. The highest BCUT2D eigenvalue weighted by atomic mass is 35.5. The Labute approximate surface area is 128 Å². The van der Waals surface area contributed by atoms with E-state index in [1.807, 2.05) is 0 Å². The lowest BCUT2D eigenvalue weighted by molar-refractivity contribution is -0.274. The summed E-state index contributed by atoms with van der Waals surface area (Å²) < 4.78 is 40.6. The van der Waals surface area contributed by atoms with Gasteiger partial charge >= 0.3 is 12.3 Å². The van der Waals surface area contributed by atoms with Gasteiger partial charge in [0.1, 0.15) is 11.3 Å². The van der Waals surface area contributed by atoms with Gasteiger partial charge < -0.3 is 9.84 Å². The molecule has 0 saturated carbocycles. The summed E-state index contributed by atoms with van der Waals surface area (Å²) in [5, 5.41) is 9.59. The summed E-state index contributed by atoms with van der Waals surface area (Å²) in [5.41, 5.74) is 1.34. The average Bonchev–Trinajstić information content (AvgIpc) is 2.37. The molecule has 2 aromatic carbocycles. The van der Waals surface area contributed by atoms with Gasteiger partial charge in [-0.3, -0.25) is 0 Å². The molecule has 2 rings (SSSR count). The number of carboxylic acids is 1. The number of rotatable bonds is 3. The normalized spacial score (nSPS) is 11.3. The topological polar surface area (TPSA) is 46.5 Å². The third-order valence-electron chi connectivity index (χ3n) is 2.94. The third kappa shape index (κ3) is 3.71. The van der Waals surface area contributed by atoms with E-state index in [2.05, 4.69) is 4.74 Å². The van der Waals surface area contributed by atoms with Crippen molar-refractivity contribution in [3.63, 3.8) is 0 Å². The summed E-state index contributed by atoms with van der Waals surface area (Å²) in [5.74, 6) is -2.26. The van der Waals surface area contributed by atoms with Crippen LogP contribution >= 0.6 is 11.6 Å². The first kappa shape index (κ1) is 16.2. The smallest absolute Gasteiger partial charge is 0.478 e. The van der Waals surface area contributed by atoms with Crippen molar-refractivity contribution in [2.45, 2.75) is 13.3 Å². The van der Waals surface area contributed by atoms with Gasteiger partial charge in [-0.15, -0.1) is 13.2 Å². The van der Waals surface area contributed by atoms with Crippen LogP contribution in [0.1, 0.15) is 15.9 Å². The lowest BCUT2D eigenvalue weighted by Crippen LogP contribution is -2.19. The highest BCUT2D eigenvalue weighted by Gasteiger charge is 2.33. The van der Waals surface area contributed by atoms with E-state index in [1.54, 1.807) is 25.1 Å². The highest BCUT2D eigenvalue weighted by Crippen LogP contribution is 2.32. The van der Waals surface area contributed by atoms with Gasteiger partial charge in [-0.2, -0.15) is 0 Å². The molecule has 7 heteroatoms. The van der Waals surface area contributed by atoms with Crippen molar-refractivity contribution in [2.75, 3.05) is 0 Å². The van der Waals surface area contributed by atoms with Gasteiger partial charge in [0.2, 0.25) is 0 Å². The quantitative estimate of drug-likeness (QED) is 0.869. The van der Waals surface area contributed by atoms with Crippen molar-refractivity contribution in [1.29, 1.82) is 0 Å². The maximum atomic E-state index is 12.3. The zero-order valence-corrected chi connectivity index (χ0v) is 12.0. The minimum atomic E-state index is -4.96. The molecule has 0 fully saturated rings. The Hall–Kier alpha value is -2.21. The van der Waals surface area contributed by atoms with Gasteiger partial charge in [-0.05, 0) is 47.9 Å². The van der Waals surface area contributed by atoms with E-state index < -0.39 is 23.6 Å². The Kier molecular flexibility index (Phi) is 4.32. The maximum absolute atomic E-state index is 12.3. The summed E-state index contributed by atoms with van der Waals surface area (Å²) >= 11 is 5.84. The predicted molar refractivity (Wildman–Crippen MR) is 75.3 cm³/mol. The van der Waals surface area contributed by atoms with Gasteiger partial charge in [0, 0.05) is 5.02 Å². The first-order chi connectivity index (χ1) is 10.2. The van der Waals surface area contributed by atoms with E-state index >= 15 is 0 Å². The summed E-state index contributed by atoms with van der Waals surface area (Å²) in [4.78, 5) is 11.2. The van der Waals surface area contributed by atoms with Crippen LogP contribution in [0.3, 0.4) is 0 Å². The van der Waals surface area contributed by atoms with E-state index in [1.165, 1.54) is 6.07 Å². The molecule has 0 atom stereocenters. The molecular weight excluding hydrogens is 321 g/mol. The van der Waals surface area contributed by atoms with Gasteiger partial charge in [0.05, 0.1) is 0 Å². The first-order valence-corrected chi connectivity index (χ1v) is 6.45. The fourth-order valence-corrected chi connectivity index (χ4v) is 2.26. The molecule has 0 bridgehead atoms. The number of aryl methyl sites for hydroxylation is 1. The number of benzene rings is 2. The first-order valence-electron chi connectivity index (χ1n) is 6.07. The fourth-order valence-electron chi connectivity index (χ4n) is 2.03. The molecule has 22 heavy (non-hydrogen) atoms. The van der Waals surface area contributed by atoms with Crippen molar-refractivity contribution < 1.29 is 27.8 Å². The van der Waals surface area contributed by atoms with Crippen molar-refractivity contribution in [2.24, 2.45) is 0 Å². The second kappa shape index (κ2) is 5.88. The average molecular weight is 331 g/mol. The van der Waals surface area contributed by atoms with Gasteiger partial charge in [0.15, 0.2) is 0 Å². The number of hydrogen-bond donors (Lipinski definition) is 1. The van der Waals surface area contributed by atoms with E-state index in [9.17, 15) is 18.0 Å². The lowest BCUT2D eigenvalue weighted by atomic mass is 9.98. The Morgan fingerprint density at radius 1 is 1.18 bits per heavy atom. The Morgan fingerprint density at radius 2 is 1.86 bits per heavy atom. The Morgan fingerprint density at radius 3 is 2.41 bits per heavy atom. The second-order valence-electron chi connectivity index (χ2n) is 4.52. The maximum Gasteiger partial charge on any atom is 0.573 e. The molecule has 2 aromatic rings. The van der Waals surface area contributed by atoms with E-state index in [0.29, 0.717) is 16.1 Å². The molecule has 0 saturated heterocycles. The Balaban J connectivity index is 2.52. The fraction of sp³-hybridized carbons (Fsp3) is 0.133. The SMILES string of the molecule is Cc1cc(Cl)ccc1-c1ccc(OC(F)(F)F)c(C(=O)O)c1. The van der Waals surface area contributed by atoms with E-state index in [0.717, 1.165) is 17.7 Å². The standard InChI is InChI=1S/C15H10ClF3O3/c1-8-6-10(16)3-4-11(8)9-2-5-13(22-15(17,18)19)12(7-9)14(20)21/h2-7H,1H3,(H,20,21). The van der Waals surface area contributed by atoms with Crippen LogP contribution in [0.25, 0.3) is 11.1 Å². The molecule has 0 spiro atoms. The minimum absolute atomic E-state index is 0.459. The summed E-state index contributed by atoms with van der Waals surface area (Å²) in [6, 6.07) is 8.45. The van der Waals surface area contributed by atoms with Crippen LogP contribution in [0.2, 0.25) is 5.02 Å². The van der Waals surface area contributed by atoms with Crippen molar-refractivity contribution in [3.8, 4) is 16.9 Å². The monoisotopic (exact) mass is 330 g/mol.